The number of thiophene rings is 1. The molecule has 2 unspecified atom stereocenters. The second-order valence-electron chi connectivity index (χ2n) is 6.63. The van der Waals surface area contributed by atoms with Gasteiger partial charge in [0.2, 0.25) is 5.91 Å². The summed E-state index contributed by atoms with van der Waals surface area (Å²) in [5.74, 6) is 0.630. The number of carbonyl (C=O) groups is 1. The van der Waals surface area contributed by atoms with E-state index in [2.05, 4.69) is 48.5 Å². The van der Waals surface area contributed by atoms with Crippen LogP contribution in [0.1, 0.15) is 51.1 Å². The molecule has 1 amide bonds. The van der Waals surface area contributed by atoms with Gasteiger partial charge in [-0.1, -0.05) is 26.8 Å². The smallest absolute Gasteiger partial charge is 0.241 e. The lowest BCUT2D eigenvalue weighted by Gasteiger charge is -2.27. The van der Waals surface area contributed by atoms with Gasteiger partial charge in [0, 0.05) is 11.4 Å². The summed E-state index contributed by atoms with van der Waals surface area (Å²) in [4.78, 5) is 16.1. The highest BCUT2D eigenvalue weighted by atomic mass is 32.1. The summed E-state index contributed by atoms with van der Waals surface area (Å²) in [7, 11) is 0. The van der Waals surface area contributed by atoms with Crippen molar-refractivity contribution >= 4 is 17.2 Å². The van der Waals surface area contributed by atoms with Crippen molar-refractivity contribution in [1.29, 1.82) is 0 Å². The Hall–Kier alpha value is -0.870. The molecule has 0 aromatic carbocycles. The minimum absolute atomic E-state index is 0.0326. The Bertz CT molecular complexity index is 479. The molecule has 4 heteroatoms. The van der Waals surface area contributed by atoms with E-state index in [9.17, 15) is 4.79 Å². The molecule has 1 aliphatic heterocycles. The number of hydrogen-bond donors (Lipinski definition) is 1. The second-order valence-corrected chi connectivity index (χ2v) is 7.61. The number of carbonyl (C=O) groups excluding carboxylic acids is 1. The maximum Gasteiger partial charge on any atom is 0.241 e. The molecule has 1 aromatic rings. The Labute approximate surface area is 125 Å². The number of hydrogen-bond acceptors (Lipinski definition) is 3. The quantitative estimate of drug-likeness (QED) is 0.902. The van der Waals surface area contributed by atoms with E-state index in [1.165, 1.54) is 24.1 Å². The van der Waals surface area contributed by atoms with Crippen LogP contribution in [0, 0.1) is 11.3 Å². The van der Waals surface area contributed by atoms with Crippen LogP contribution >= 0.6 is 11.3 Å². The fourth-order valence-electron chi connectivity index (χ4n) is 3.13. The first-order chi connectivity index (χ1) is 9.56. The van der Waals surface area contributed by atoms with Gasteiger partial charge in [-0.05, 0) is 42.0 Å². The molecule has 1 N–H and O–H groups in total. The van der Waals surface area contributed by atoms with Crippen LogP contribution in [-0.2, 0) is 4.79 Å². The zero-order valence-corrected chi connectivity index (χ0v) is 13.4. The Morgan fingerprint density at radius 2 is 2.25 bits per heavy atom. The maximum absolute atomic E-state index is 12.7. The molecule has 3 nitrogen and oxygen atoms in total. The van der Waals surface area contributed by atoms with E-state index in [1.807, 2.05) is 0 Å². The van der Waals surface area contributed by atoms with Crippen LogP contribution in [0.15, 0.2) is 17.5 Å². The van der Waals surface area contributed by atoms with E-state index in [1.54, 1.807) is 11.3 Å². The normalized spacial score (nSPS) is 28.4. The van der Waals surface area contributed by atoms with Crippen molar-refractivity contribution < 1.29 is 4.79 Å². The lowest BCUT2D eigenvalue weighted by molar-refractivity contribution is -0.131. The molecular formula is C16H24N2OS. The van der Waals surface area contributed by atoms with Crippen molar-refractivity contribution in [1.82, 2.24) is 10.2 Å². The standard InChI is InChI=1S/C16H24N2OS/c1-4-16(7-8-16)10-18-14(12-6-5-9-20-12)17-13(11(2)3)15(18)19/h5-6,9,11,13-14,17H,4,7-8,10H2,1-3H3. The largest absolute Gasteiger partial charge is 0.320 e. The SMILES string of the molecule is CCC1(CN2C(=O)C(C(C)C)NC2c2cccs2)CC1. The van der Waals surface area contributed by atoms with E-state index < -0.39 is 0 Å². The summed E-state index contributed by atoms with van der Waals surface area (Å²) in [6.45, 7) is 7.41. The van der Waals surface area contributed by atoms with Crippen molar-refractivity contribution in [2.24, 2.45) is 11.3 Å². The summed E-state index contributed by atoms with van der Waals surface area (Å²) < 4.78 is 0. The molecule has 2 aliphatic rings. The van der Waals surface area contributed by atoms with Crippen molar-refractivity contribution in [2.45, 2.75) is 52.2 Å². The zero-order chi connectivity index (χ0) is 14.3. The number of rotatable bonds is 5. The fraction of sp³-hybridized carbons (Fsp3) is 0.688. The highest BCUT2D eigenvalue weighted by molar-refractivity contribution is 7.10. The van der Waals surface area contributed by atoms with E-state index in [-0.39, 0.29) is 18.1 Å². The van der Waals surface area contributed by atoms with Gasteiger partial charge in [-0.3, -0.25) is 10.1 Å². The lowest BCUT2D eigenvalue weighted by Crippen LogP contribution is -2.37. The molecule has 0 radical (unpaired) electrons. The van der Waals surface area contributed by atoms with E-state index in [0.717, 1.165) is 6.54 Å². The number of amides is 1. The number of nitrogens with zero attached hydrogens (tertiary/aromatic N) is 1. The van der Waals surface area contributed by atoms with Crippen molar-refractivity contribution in [3.05, 3.63) is 22.4 Å². The van der Waals surface area contributed by atoms with Gasteiger partial charge in [0.25, 0.3) is 0 Å². The summed E-state index contributed by atoms with van der Waals surface area (Å²) >= 11 is 1.74. The second kappa shape index (κ2) is 5.15. The number of nitrogens with one attached hydrogen (secondary N) is 1. The van der Waals surface area contributed by atoms with E-state index in [4.69, 9.17) is 0 Å². The van der Waals surface area contributed by atoms with Gasteiger partial charge in [0.15, 0.2) is 0 Å². The van der Waals surface area contributed by atoms with Gasteiger partial charge in [-0.2, -0.15) is 0 Å². The molecule has 20 heavy (non-hydrogen) atoms. The molecule has 2 fully saturated rings. The van der Waals surface area contributed by atoms with Crippen LogP contribution in [0.3, 0.4) is 0 Å². The summed E-state index contributed by atoms with van der Waals surface area (Å²) in [6, 6.07) is 4.17. The summed E-state index contributed by atoms with van der Waals surface area (Å²) in [6.07, 6.45) is 3.81. The molecule has 1 saturated heterocycles. The first-order valence-corrected chi connectivity index (χ1v) is 8.54. The molecule has 0 bridgehead atoms. The lowest BCUT2D eigenvalue weighted by atomic mass is 10.0. The van der Waals surface area contributed by atoms with Gasteiger partial charge < -0.3 is 4.90 Å². The predicted molar refractivity (Wildman–Crippen MR) is 82.5 cm³/mol. The highest BCUT2D eigenvalue weighted by Gasteiger charge is 2.49. The first kappa shape index (κ1) is 14.1. The van der Waals surface area contributed by atoms with Crippen LogP contribution in [0.25, 0.3) is 0 Å². The molecule has 1 saturated carbocycles. The fourth-order valence-corrected chi connectivity index (χ4v) is 3.92. The predicted octanol–water partition coefficient (Wildman–Crippen LogP) is 3.39. The third-order valence-electron chi connectivity index (χ3n) is 4.89. The van der Waals surface area contributed by atoms with Crippen LogP contribution in [0.4, 0.5) is 0 Å². The van der Waals surface area contributed by atoms with Crippen LogP contribution in [0.5, 0.6) is 0 Å². The summed E-state index contributed by atoms with van der Waals surface area (Å²) in [5.41, 5.74) is 0.402. The molecular weight excluding hydrogens is 268 g/mol. The van der Waals surface area contributed by atoms with Gasteiger partial charge in [-0.25, -0.2) is 0 Å². The van der Waals surface area contributed by atoms with Gasteiger partial charge in [0.05, 0.1) is 6.04 Å². The van der Waals surface area contributed by atoms with Crippen molar-refractivity contribution in [3.8, 4) is 0 Å². The van der Waals surface area contributed by atoms with Crippen LogP contribution < -0.4 is 5.32 Å². The zero-order valence-electron chi connectivity index (χ0n) is 12.6. The Kier molecular flexibility index (Phi) is 3.63. The van der Waals surface area contributed by atoms with E-state index >= 15 is 0 Å². The van der Waals surface area contributed by atoms with Gasteiger partial charge >= 0.3 is 0 Å². The van der Waals surface area contributed by atoms with Crippen molar-refractivity contribution in [2.75, 3.05) is 6.54 Å². The molecule has 1 aromatic heterocycles. The van der Waals surface area contributed by atoms with Crippen LogP contribution in [0.2, 0.25) is 0 Å². The highest BCUT2D eigenvalue weighted by Crippen LogP contribution is 2.50. The molecule has 0 spiro atoms. The molecule has 110 valence electrons. The minimum atomic E-state index is -0.0326. The maximum atomic E-state index is 12.7. The molecule has 2 atom stereocenters. The third-order valence-corrected chi connectivity index (χ3v) is 5.82. The first-order valence-electron chi connectivity index (χ1n) is 7.66. The monoisotopic (exact) mass is 292 g/mol. The van der Waals surface area contributed by atoms with Crippen LogP contribution in [-0.4, -0.2) is 23.4 Å². The minimum Gasteiger partial charge on any atom is -0.320 e. The topological polar surface area (TPSA) is 32.3 Å². The van der Waals surface area contributed by atoms with Gasteiger partial charge in [-0.15, -0.1) is 11.3 Å². The Morgan fingerprint density at radius 1 is 1.50 bits per heavy atom. The molecule has 2 heterocycles. The van der Waals surface area contributed by atoms with Gasteiger partial charge in [0.1, 0.15) is 6.17 Å². The average Bonchev–Trinajstić information content (AvgIpc) is 2.84. The summed E-state index contributed by atoms with van der Waals surface area (Å²) in [5, 5.41) is 5.65. The Balaban J connectivity index is 1.84. The van der Waals surface area contributed by atoms with Crippen molar-refractivity contribution in [3.63, 3.8) is 0 Å². The molecule has 3 rings (SSSR count). The average molecular weight is 292 g/mol. The third kappa shape index (κ3) is 2.40. The molecule has 1 aliphatic carbocycles. The van der Waals surface area contributed by atoms with E-state index in [0.29, 0.717) is 11.3 Å². The Morgan fingerprint density at radius 3 is 2.75 bits per heavy atom.